The van der Waals surface area contributed by atoms with Gasteiger partial charge in [-0.2, -0.15) is 0 Å². The lowest BCUT2D eigenvalue weighted by Gasteiger charge is -2.28. The number of hydrogen-bond donors (Lipinski definition) is 2. The Bertz CT molecular complexity index is 634. The van der Waals surface area contributed by atoms with Crippen LogP contribution in [0, 0.1) is 0 Å². The van der Waals surface area contributed by atoms with Crippen molar-refractivity contribution < 1.29 is 19.1 Å². The molecule has 2 N–H and O–H groups in total. The monoisotopic (exact) mass is 316 g/mol. The molecule has 0 bridgehead atoms. The van der Waals surface area contributed by atoms with E-state index in [1.165, 1.54) is 0 Å². The number of nitrogens with one attached hydrogen (secondary N) is 2. The van der Waals surface area contributed by atoms with Gasteiger partial charge in [0.2, 0.25) is 0 Å². The van der Waals surface area contributed by atoms with Crippen LogP contribution in [-0.2, 0) is 9.53 Å². The number of rotatable bonds is 6. The summed E-state index contributed by atoms with van der Waals surface area (Å²) in [6, 6.07) is 6.27. The van der Waals surface area contributed by atoms with Gasteiger partial charge in [0.05, 0.1) is 18.2 Å². The van der Waals surface area contributed by atoms with Gasteiger partial charge in [0.1, 0.15) is 12.4 Å². The normalized spacial score (nSPS) is 17.1. The maximum atomic E-state index is 12.2. The van der Waals surface area contributed by atoms with Crippen LogP contribution >= 0.6 is 0 Å². The van der Waals surface area contributed by atoms with Crippen molar-refractivity contribution in [3.8, 4) is 5.75 Å². The van der Waals surface area contributed by atoms with Gasteiger partial charge in [-0.15, -0.1) is 0 Å². The first-order chi connectivity index (χ1) is 11.1. The lowest BCUT2D eigenvalue weighted by Crippen LogP contribution is -2.45. The van der Waals surface area contributed by atoms with E-state index in [2.05, 4.69) is 17.2 Å². The SMILES string of the molecule is C=CCOc1ccc([C@H]2NC(=O)NC(C)=C2C(=O)OCC)cc1. The van der Waals surface area contributed by atoms with E-state index in [1.807, 2.05) is 0 Å². The molecule has 0 radical (unpaired) electrons. The van der Waals surface area contributed by atoms with Gasteiger partial charge in [0.15, 0.2) is 0 Å². The molecule has 1 heterocycles. The van der Waals surface area contributed by atoms with Crippen molar-refractivity contribution in [2.45, 2.75) is 19.9 Å². The van der Waals surface area contributed by atoms with E-state index in [0.29, 0.717) is 23.6 Å². The first-order valence-corrected chi connectivity index (χ1v) is 7.35. The fourth-order valence-electron chi connectivity index (χ4n) is 2.33. The lowest BCUT2D eigenvalue weighted by atomic mass is 9.95. The van der Waals surface area contributed by atoms with E-state index < -0.39 is 12.0 Å². The molecule has 1 aliphatic rings. The Hall–Kier alpha value is -2.76. The molecule has 23 heavy (non-hydrogen) atoms. The number of benzene rings is 1. The number of allylic oxidation sites excluding steroid dienone is 1. The van der Waals surface area contributed by atoms with E-state index >= 15 is 0 Å². The minimum absolute atomic E-state index is 0.268. The lowest BCUT2D eigenvalue weighted by molar-refractivity contribution is -0.139. The third kappa shape index (κ3) is 3.91. The summed E-state index contributed by atoms with van der Waals surface area (Å²) >= 11 is 0. The van der Waals surface area contributed by atoms with Crippen molar-refractivity contribution in [1.82, 2.24) is 10.6 Å². The molecular formula is C17H20N2O4. The third-order valence-corrected chi connectivity index (χ3v) is 3.35. The van der Waals surface area contributed by atoms with Crippen LogP contribution in [0.5, 0.6) is 5.75 Å². The smallest absolute Gasteiger partial charge is 0.338 e. The second-order valence-electron chi connectivity index (χ2n) is 4.96. The van der Waals surface area contributed by atoms with Gasteiger partial charge in [0, 0.05) is 5.70 Å². The highest BCUT2D eigenvalue weighted by molar-refractivity contribution is 5.95. The molecule has 0 aliphatic carbocycles. The molecular weight excluding hydrogens is 296 g/mol. The Morgan fingerprint density at radius 3 is 2.65 bits per heavy atom. The van der Waals surface area contributed by atoms with Crippen LogP contribution in [-0.4, -0.2) is 25.2 Å². The van der Waals surface area contributed by atoms with Gasteiger partial charge in [-0.3, -0.25) is 0 Å². The molecule has 6 nitrogen and oxygen atoms in total. The van der Waals surface area contributed by atoms with Crippen LogP contribution in [0.4, 0.5) is 4.79 Å². The Balaban J connectivity index is 2.30. The third-order valence-electron chi connectivity index (χ3n) is 3.35. The van der Waals surface area contributed by atoms with Crippen molar-refractivity contribution in [2.75, 3.05) is 13.2 Å². The van der Waals surface area contributed by atoms with E-state index in [-0.39, 0.29) is 12.6 Å². The number of esters is 1. The maximum absolute atomic E-state index is 12.2. The Labute approximate surface area is 135 Å². The zero-order valence-corrected chi connectivity index (χ0v) is 13.2. The Morgan fingerprint density at radius 1 is 1.35 bits per heavy atom. The number of carbonyl (C=O) groups is 2. The van der Waals surface area contributed by atoms with Crippen molar-refractivity contribution in [1.29, 1.82) is 0 Å². The minimum atomic E-state index is -0.559. The highest BCUT2D eigenvalue weighted by Gasteiger charge is 2.31. The van der Waals surface area contributed by atoms with Gasteiger partial charge in [-0.25, -0.2) is 9.59 Å². The second-order valence-corrected chi connectivity index (χ2v) is 4.96. The van der Waals surface area contributed by atoms with Crippen LogP contribution in [0.25, 0.3) is 0 Å². The van der Waals surface area contributed by atoms with Crippen LogP contribution < -0.4 is 15.4 Å². The summed E-state index contributed by atoms with van der Waals surface area (Å²) in [6.07, 6.45) is 1.66. The predicted molar refractivity (Wildman–Crippen MR) is 85.9 cm³/mol. The van der Waals surface area contributed by atoms with E-state index in [0.717, 1.165) is 5.56 Å². The summed E-state index contributed by atoms with van der Waals surface area (Å²) in [7, 11) is 0. The quantitative estimate of drug-likeness (QED) is 0.624. The van der Waals surface area contributed by atoms with Crippen molar-refractivity contribution in [3.05, 3.63) is 53.8 Å². The van der Waals surface area contributed by atoms with Crippen LogP contribution in [0.1, 0.15) is 25.5 Å². The van der Waals surface area contributed by atoms with Crippen molar-refractivity contribution in [2.24, 2.45) is 0 Å². The van der Waals surface area contributed by atoms with Crippen LogP contribution in [0.3, 0.4) is 0 Å². The van der Waals surface area contributed by atoms with E-state index in [9.17, 15) is 9.59 Å². The molecule has 0 spiro atoms. The van der Waals surface area contributed by atoms with E-state index in [1.54, 1.807) is 44.2 Å². The molecule has 6 heteroatoms. The van der Waals surface area contributed by atoms with Gasteiger partial charge in [-0.05, 0) is 31.5 Å². The zero-order chi connectivity index (χ0) is 16.8. The van der Waals surface area contributed by atoms with Crippen LogP contribution in [0.15, 0.2) is 48.2 Å². The molecule has 0 saturated carbocycles. The average Bonchev–Trinajstić information content (AvgIpc) is 2.52. The van der Waals surface area contributed by atoms with Crippen molar-refractivity contribution >= 4 is 12.0 Å². The molecule has 0 saturated heterocycles. The molecule has 0 unspecified atom stereocenters. The fraction of sp³-hybridized carbons (Fsp3) is 0.294. The van der Waals surface area contributed by atoms with Gasteiger partial charge in [-0.1, -0.05) is 24.8 Å². The molecule has 0 aromatic heterocycles. The average molecular weight is 316 g/mol. The molecule has 1 aliphatic heterocycles. The molecule has 2 rings (SSSR count). The van der Waals surface area contributed by atoms with Gasteiger partial charge in [0.25, 0.3) is 0 Å². The Kier molecular flexibility index (Phi) is 5.41. The first kappa shape index (κ1) is 16.6. The predicted octanol–water partition coefficient (Wildman–Crippen LogP) is 2.44. The highest BCUT2D eigenvalue weighted by Crippen LogP contribution is 2.28. The fourth-order valence-corrected chi connectivity index (χ4v) is 2.33. The molecule has 1 aromatic rings. The number of hydrogen-bond acceptors (Lipinski definition) is 4. The van der Waals surface area contributed by atoms with Gasteiger partial charge < -0.3 is 20.1 Å². The number of amides is 2. The standard InChI is InChI=1S/C17H20N2O4/c1-4-10-23-13-8-6-12(7-9-13)15-14(16(20)22-5-2)11(3)18-17(21)19-15/h4,6-9,15H,1,5,10H2,2-3H3,(H2,18,19,21)/t15-/m1/s1. The summed E-state index contributed by atoms with van der Waals surface area (Å²) in [5.41, 5.74) is 1.66. The number of urea groups is 1. The molecule has 0 fully saturated rings. The summed E-state index contributed by atoms with van der Waals surface area (Å²) in [5.74, 6) is 0.238. The first-order valence-electron chi connectivity index (χ1n) is 7.35. The summed E-state index contributed by atoms with van der Waals surface area (Å²) in [5, 5.41) is 5.35. The number of ether oxygens (including phenoxy) is 2. The Morgan fingerprint density at radius 2 is 2.04 bits per heavy atom. The molecule has 1 atom stereocenters. The summed E-state index contributed by atoms with van der Waals surface area (Å²) in [6.45, 7) is 7.69. The zero-order valence-electron chi connectivity index (χ0n) is 13.2. The summed E-state index contributed by atoms with van der Waals surface area (Å²) in [4.78, 5) is 23.9. The maximum Gasteiger partial charge on any atom is 0.338 e. The van der Waals surface area contributed by atoms with Crippen LogP contribution in [0.2, 0.25) is 0 Å². The largest absolute Gasteiger partial charge is 0.490 e. The van der Waals surface area contributed by atoms with E-state index in [4.69, 9.17) is 9.47 Å². The second kappa shape index (κ2) is 7.49. The topological polar surface area (TPSA) is 76.7 Å². The molecule has 122 valence electrons. The highest BCUT2D eigenvalue weighted by atomic mass is 16.5. The molecule has 1 aromatic carbocycles. The molecule has 2 amide bonds. The minimum Gasteiger partial charge on any atom is -0.490 e. The van der Waals surface area contributed by atoms with Crippen molar-refractivity contribution in [3.63, 3.8) is 0 Å². The van der Waals surface area contributed by atoms with Gasteiger partial charge >= 0.3 is 12.0 Å². The number of carbonyl (C=O) groups excluding carboxylic acids is 2. The summed E-state index contributed by atoms with van der Waals surface area (Å²) < 4.78 is 10.5.